The molecule has 5 nitrogen and oxygen atoms in total. The van der Waals surface area contributed by atoms with Gasteiger partial charge >= 0.3 is 5.97 Å². The Balaban J connectivity index is 1.43. The average molecular weight is 368 g/mol. The van der Waals surface area contributed by atoms with Crippen LogP contribution in [0, 0.1) is 0 Å². The topological polar surface area (TPSA) is 51.7 Å². The largest absolute Gasteiger partial charge is 0.462 e. The molecule has 1 aliphatic rings. The molecule has 1 saturated heterocycles. The van der Waals surface area contributed by atoms with Gasteiger partial charge in [0.1, 0.15) is 0 Å². The van der Waals surface area contributed by atoms with E-state index in [0.717, 1.165) is 38.0 Å². The molecule has 2 heterocycles. The molecule has 1 aliphatic heterocycles. The summed E-state index contributed by atoms with van der Waals surface area (Å²) in [6.45, 7) is 7.37. The van der Waals surface area contributed by atoms with Crippen molar-refractivity contribution in [2.45, 2.75) is 45.4 Å². The lowest BCUT2D eigenvalue weighted by Gasteiger charge is -2.35. The van der Waals surface area contributed by atoms with Crippen LogP contribution in [0.2, 0.25) is 0 Å². The van der Waals surface area contributed by atoms with Crippen molar-refractivity contribution in [3.05, 3.63) is 65.5 Å². The lowest BCUT2D eigenvalue weighted by molar-refractivity contribution is -0.0704. The number of morpholine rings is 1. The summed E-state index contributed by atoms with van der Waals surface area (Å²) in [5.74, 6) is -0.263. The van der Waals surface area contributed by atoms with E-state index in [0.29, 0.717) is 12.2 Å². The number of nitrogens with zero attached hydrogens (tertiary/aromatic N) is 2. The number of ether oxygens (including phenoxy) is 2. The van der Waals surface area contributed by atoms with Gasteiger partial charge in [-0.1, -0.05) is 18.2 Å². The van der Waals surface area contributed by atoms with Gasteiger partial charge in [0.05, 0.1) is 24.4 Å². The van der Waals surface area contributed by atoms with Crippen LogP contribution in [0.3, 0.4) is 0 Å². The van der Waals surface area contributed by atoms with Crippen molar-refractivity contribution in [2.24, 2.45) is 0 Å². The molecule has 0 N–H and O–H groups in total. The highest BCUT2D eigenvalue weighted by atomic mass is 16.5. The third-order valence-corrected chi connectivity index (χ3v) is 4.66. The van der Waals surface area contributed by atoms with Gasteiger partial charge in [0.15, 0.2) is 0 Å². The second kappa shape index (κ2) is 9.62. The van der Waals surface area contributed by atoms with Crippen LogP contribution in [0.1, 0.15) is 41.8 Å². The zero-order chi connectivity index (χ0) is 19.1. The van der Waals surface area contributed by atoms with Gasteiger partial charge < -0.3 is 9.47 Å². The minimum atomic E-state index is -0.263. The van der Waals surface area contributed by atoms with Crippen molar-refractivity contribution in [1.29, 1.82) is 0 Å². The molecule has 3 rings (SSSR count). The molecule has 1 aromatic carbocycles. The second-order valence-electron chi connectivity index (χ2n) is 7.25. The fraction of sp³-hybridized carbons (Fsp3) is 0.455. The van der Waals surface area contributed by atoms with Crippen LogP contribution in [0.25, 0.3) is 0 Å². The number of carbonyl (C=O) groups excluding carboxylic acids is 1. The Kier molecular flexibility index (Phi) is 6.96. The van der Waals surface area contributed by atoms with E-state index in [4.69, 9.17) is 9.47 Å². The van der Waals surface area contributed by atoms with E-state index in [1.165, 1.54) is 5.56 Å². The molecule has 0 saturated carbocycles. The molecule has 0 radical (unpaired) electrons. The first kappa shape index (κ1) is 19.5. The Hall–Kier alpha value is -2.24. The van der Waals surface area contributed by atoms with Crippen LogP contribution in [0.15, 0.2) is 48.8 Å². The second-order valence-corrected chi connectivity index (χ2v) is 7.25. The van der Waals surface area contributed by atoms with Crippen molar-refractivity contribution in [3.63, 3.8) is 0 Å². The van der Waals surface area contributed by atoms with Gasteiger partial charge in [-0.2, -0.15) is 0 Å². The fourth-order valence-corrected chi connectivity index (χ4v) is 3.49. The fourth-order valence-electron chi connectivity index (χ4n) is 3.49. The summed E-state index contributed by atoms with van der Waals surface area (Å²) in [4.78, 5) is 18.7. The van der Waals surface area contributed by atoms with Crippen molar-refractivity contribution < 1.29 is 14.3 Å². The van der Waals surface area contributed by atoms with E-state index in [1.807, 2.05) is 42.6 Å². The maximum Gasteiger partial charge on any atom is 0.338 e. The van der Waals surface area contributed by atoms with E-state index in [9.17, 15) is 4.79 Å². The Morgan fingerprint density at radius 1 is 1.15 bits per heavy atom. The molecule has 144 valence electrons. The number of aryl methyl sites for hydroxylation is 1. The van der Waals surface area contributed by atoms with Crippen LogP contribution in [-0.2, 0) is 22.4 Å². The van der Waals surface area contributed by atoms with Crippen LogP contribution >= 0.6 is 0 Å². The predicted octanol–water partition coefficient (Wildman–Crippen LogP) is 3.48. The standard InChI is InChI=1S/C22H28N2O3/c1-17-14-24(15-18(2)27-17)16-20-7-9-21(10-8-20)22(25)26-12-4-6-19-5-3-11-23-13-19/h3,5,7-11,13,17-18H,4,6,12,14-16H2,1-2H3. The van der Waals surface area contributed by atoms with Crippen molar-refractivity contribution in [3.8, 4) is 0 Å². The first-order chi connectivity index (χ1) is 13.1. The minimum absolute atomic E-state index is 0.259. The maximum absolute atomic E-state index is 12.2. The normalized spacial score (nSPS) is 20.4. The zero-order valence-corrected chi connectivity index (χ0v) is 16.1. The number of hydrogen-bond donors (Lipinski definition) is 0. The van der Waals surface area contributed by atoms with Gasteiger partial charge in [0, 0.05) is 32.0 Å². The van der Waals surface area contributed by atoms with E-state index in [2.05, 4.69) is 23.7 Å². The lowest BCUT2D eigenvalue weighted by Crippen LogP contribution is -2.44. The van der Waals surface area contributed by atoms with E-state index in [1.54, 1.807) is 6.20 Å². The number of carbonyl (C=O) groups is 1. The smallest absolute Gasteiger partial charge is 0.338 e. The molecule has 5 heteroatoms. The lowest BCUT2D eigenvalue weighted by atomic mass is 10.1. The van der Waals surface area contributed by atoms with Gasteiger partial charge in [-0.25, -0.2) is 4.79 Å². The molecule has 2 aromatic rings. The summed E-state index contributed by atoms with van der Waals surface area (Å²) in [6.07, 6.45) is 5.77. The maximum atomic E-state index is 12.2. The minimum Gasteiger partial charge on any atom is -0.462 e. The highest BCUT2D eigenvalue weighted by molar-refractivity contribution is 5.89. The summed E-state index contributed by atoms with van der Waals surface area (Å²) < 4.78 is 11.2. The molecular formula is C22H28N2O3. The Morgan fingerprint density at radius 2 is 1.89 bits per heavy atom. The Bertz CT molecular complexity index is 708. The zero-order valence-electron chi connectivity index (χ0n) is 16.1. The van der Waals surface area contributed by atoms with Gasteiger partial charge in [-0.15, -0.1) is 0 Å². The molecule has 2 unspecified atom stereocenters. The summed E-state index contributed by atoms with van der Waals surface area (Å²) in [5, 5.41) is 0. The summed E-state index contributed by atoms with van der Waals surface area (Å²) in [7, 11) is 0. The summed E-state index contributed by atoms with van der Waals surface area (Å²) in [6, 6.07) is 11.7. The Morgan fingerprint density at radius 3 is 2.56 bits per heavy atom. The SMILES string of the molecule is CC1CN(Cc2ccc(C(=O)OCCCc3cccnc3)cc2)CC(C)O1. The molecule has 2 atom stereocenters. The van der Waals surface area contributed by atoms with E-state index < -0.39 is 0 Å². The monoisotopic (exact) mass is 368 g/mol. The third-order valence-electron chi connectivity index (χ3n) is 4.66. The van der Waals surface area contributed by atoms with Gasteiger partial charge in [0.2, 0.25) is 0 Å². The van der Waals surface area contributed by atoms with Crippen LogP contribution < -0.4 is 0 Å². The highest BCUT2D eigenvalue weighted by Gasteiger charge is 2.22. The molecule has 1 fully saturated rings. The quantitative estimate of drug-likeness (QED) is 0.553. The Labute approximate surface area is 161 Å². The van der Waals surface area contributed by atoms with Crippen molar-refractivity contribution >= 4 is 5.97 Å². The van der Waals surface area contributed by atoms with Gasteiger partial charge in [-0.3, -0.25) is 9.88 Å². The number of hydrogen-bond acceptors (Lipinski definition) is 5. The van der Waals surface area contributed by atoms with Gasteiger partial charge in [0.25, 0.3) is 0 Å². The summed E-state index contributed by atoms with van der Waals surface area (Å²) >= 11 is 0. The number of esters is 1. The summed E-state index contributed by atoms with van der Waals surface area (Å²) in [5.41, 5.74) is 2.96. The first-order valence-corrected chi connectivity index (χ1v) is 9.63. The third kappa shape index (κ3) is 6.15. The molecule has 0 amide bonds. The number of pyridine rings is 1. The molecule has 0 bridgehead atoms. The van der Waals surface area contributed by atoms with Gasteiger partial charge in [-0.05, 0) is 56.0 Å². The van der Waals surface area contributed by atoms with E-state index in [-0.39, 0.29) is 18.2 Å². The van der Waals surface area contributed by atoms with Crippen LogP contribution in [0.4, 0.5) is 0 Å². The van der Waals surface area contributed by atoms with Crippen LogP contribution in [0.5, 0.6) is 0 Å². The average Bonchev–Trinajstić information content (AvgIpc) is 2.66. The number of benzene rings is 1. The molecule has 1 aromatic heterocycles. The molecule has 27 heavy (non-hydrogen) atoms. The van der Waals surface area contributed by atoms with Crippen LogP contribution in [-0.4, -0.2) is 47.8 Å². The molecule has 0 spiro atoms. The van der Waals surface area contributed by atoms with E-state index >= 15 is 0 Å². The molecular weight excluding hydrogens is 340 g/mol. The number of rotatable bonds is 7. The van der Waals surface area contributed by atoms with Crippen molar-refractivity contribution in [1.82, 2.24) is 9.88 Å². The predicted molar refractivity (Wildman–Crippen MR) is 105 cm³/mol. The molecule has 0 aliphatic carbocycles. The highest BCUT2D eigenvalue weighted by Crippen LogP contribution is 2.15. The number of aromatic nitrogens is 1. The first-order valence-electron chi connectivity index (χ1n) is 9.63. The van der Waals surface area contributed by atoms with Crippen molar-refractivity contribution in [2.75, 3.05) is 19.7 Å².